The van der Waals surface area contributed by atoms with Crippen LogP contribution >= 0.6 is 11.6 Å². The third-order valence-electron chi connectivity index (χ3n) is 4.70. The number of aliphatic imine (C=N–C) groups is 1. The van der Waals surface area contributed by atoms with Crippen LogP contribution < -0.4 is 10.6 Å². The van der Waals surface area contributed by atoms with Crippen LogP contribution in [-0.4, -0.2) is 54.1 Å². The number of nitrogens with two attached hydrogens (primary N) is 1. The van der Waals surface area contributed by atoms with Gasteiger partial charge in [-0.2, -0.15) is 5.10 Å². The maximum absolute atomic E-state index is 12.0. The summed E-state index contributed by atoms with van der Waals surface area (Å²) >= 11 is 5.93. The van der Waals surface area contributed by atoms with Crippen molar-refractivity contribution in [2.45, 2.75) is 19.9 Å². The van der Waals surface area contributed by atoms with Gasteiger partial charge in [0.2, 0.25) is 11.8 Å². The first kappa shape index (κ1) is 21.7. The highest BCUT2D eigenvalue weighted by atomic mass is 35.5. The fourth-order valence-corrected chi connectivity index (χ4v) is 3.14. The second-order valence-electron chi connectivity index (χ2n) is 6.79. The molecular formula is C21H24ClN5O3. The molecule has 0 saturated heterocycles. The number of methoxy groups -OCH3 is 1. The first-order valence-corrected chi connectivity index (χ1v) is 9.84. The molecule has 1 aromatic carbocycles. The standard InChI is InChI=1S/C21H24ClN5O3/c1-14(26-23)19(24-17-6-4-16(22)5-7-17)12-30-20-8-3-15-11-27(21(28)13-29-2)10-9-18(15)25-20/h3-8H,9-13,23H2,1-2H3/b24-19?,26-14-. The van der Waals surface area contributed by atoms with Gasteiger partial charge in [0.25, 0.3) is 0 Å². The number of fused-ring (bicyclic) bond motifs is 1. The molecule has 0 unspecified atom stereocenters. The van der Waals surface area contributed by atoms with Gasteiger partial charge in [0.15, 0.2) is 0 Å². The number of carbonyl (C=O) groups excluding carboxylic acids is 1. The van der Waals surface area contributed by atoms with Gasteiger partial charge in [0, 0.05) is 37.7 Å². The molecule has 158 valence electrons. The highest BCUT2D eigenvalue weighted by Gasteiger charge is 2.22. The summed E-state index contributed by atoms with van der Waals surface area (Å²) in [6.07, 6.45) is 0.664. The lowest BCUT2D eigenvalue weighted by atomic mass is 10.1. The lowest BCUT2D eigenvalue weighted by Crippen LogP contribution is -2.38. The van der Waals surface area contributed by atoms with Gasteiger partial charge in [-0.1, -0.05) is 17.7 Å². The Morgan fingerprint density at radius 2 is 2.00 bits per heavy atom. The molecule has 1 aliphatic heterocycles. The Morgan fingerprint density at radius 3 is 2.70 bits per heavy atom. The number of halogens is 1. The summed E-state index contributed by atoms with van der Waals surface area (Å²) in [6.45, 7) is 3.14. The molecule has 30 heavy (non-hydrogen) atoms. The number of pyridine rings is 1. The molecule has 1 aliphatic rings. The number of rotatable bonds is 7. The van der Waals surface area contributed by atoms with Crippen molar-refractivity contribution in [2.75, 3.05) is 26.9 Å². The third-order valence-corrected chi connectivity index (χ3v) is 4.95. The first-order valence-electron chi connectivity index (χ1n) is 9.46. The number of hydrogen-bond donors (Lipinski definition) is 1. The third kappa shape index (κ3) is 5.55. The fraction of sp³-hybridized carbons (Fsp3) is 0.333. The predicted octanol–water partition coefficient (Wildman–Crippen LogP) is 2.75. The predicted molar refractivity (Wildman–Crippen MR) is 117 cm³/mol. The molecule has 0 atom stereocenters. The number of amides is 1. The summed E-state index contributed by atoms with van der Waals surface area (Å²) in [6, 6.07) is 10.9. The normalized spacial score (nSPS) is 14.4. The summed E-state index contributed by atoms with van der Waals surface area (Å²) < 4.78 is 10.8. The molecule has 0 aliphatic carbocycles. The Hall–Kier alpha value is -2.97. The van der Waals surface area contributed by atoms with E-state index in [9.17, 15) is 4.79 Å². The fourth-order valence-electron chi connectivity index (χ4n) is 3.01. The molecule has 1 aromatic heterocycles. The van der Waals surface area contributed by atoms with Crippen LogP contribution in [0.5, 0.6) is 5.88 Å². The van der Waals surface area contributed by atoms with E-state index in [-0.39, 0.29) is 19.1 Å². The molecule has 2 aromatic rings. The zero-order valence-electron chi connectivity index (χ0n) is 17.0. The second kappa shape index (κ2) is 10.2. The monoisotopic (exact) mass is 429 g/mol. The number of nitrogens with zero attached hydrogens (tertiary/aromatic N) is 4. The summed E-state index contributed by atoms with van der Waals surface area (Å²) in [4.78, 5) is 22.9. The SMILES string of the molecule is COCC(=O)N1CCc2nc(OCC(=Nc3ccc(Cl)cc3)/C(C)=N\N)ccc2C1. The molecule has 3 rings (SSSR count). The molecule has 2 N–H and O–H groups in total. The van der Waals surface area contributed by atoms with E-state index in [4.69, 9.17) is 26.9 Å². The van der Waals surface area contributed by atoms with Crippen LogP contribution in [0.2, 0.25) is 5.02 Å². The van der Waals surface area contributed by atoms with Gasteiger partial charge in [-0.3, -0.25) is 4.79 Å². The lowest BCUT2D eigenvalue weighted by Gasteiger charge is -2.28. The highest BCUT2D eigenvalue weighted by Crippen LogP contribution is 2.21. The van der Waals surface area contributed by atoms with Crippen LogP contribution in [0.15, 0.2) is 46.5 Å². The number of ether oxygens (including phenoxy) is 2. The van der Waals surface area contributed by atoms with E-state index >= 15 is 0 Å². The van der Waals surface area contributed by atoms with Crippen molar-refractivity contribution in [2.24, 2.45) is 15.9 Å². The largest absolute Gasteiger partial charge is 0.471 e. The van der Waals surface area contributed by atoms with Gasteiger partial charge >= 0.3 is 0 Å². The van der Waals surface area contributed by atoms with Crippen molar-refractivity contribution in [3.8, 4) is 5.88 Å². The van der Waals surface area contributed by atoms with E-state index < -0.39 is 0 Å². The van der Waals surface area contributed by atoms with E-state index in [1.807, 2.05) is 6.07 Å². The highest BCUT2D eigenvalue weighted by molar-refractivity contribution is 6.42. The van der Waals surface area contributed by atoms with E-state index in [1.54, 1.807) is 42.2 Å². The number of hydrazone groups is 1. The first-order chi connectivity index (χ1) is 14.5. The minimum absolute atomic E-state index is 0.0249. The smallest absolute Gasteiger partial charge is 0.248 e. The molecule has 9 heteroatoms. The van der Waals surface area contributed by atoms with Crippen LogP contribution in [0.3, 0.4) is 0 Å². The van der Waals surface area contributed by atoms with E-state index in [0.717, 1.165) is 16.9 Å². The van der Waals surface area contributed by atoms with Gasteiger partial charge < -0.3 is 20.2 Å². The van der Waals surface area contributed by atoms with Crippen molar-refractivity contribution < 1.29 is 14.3 Å². The summed E-state index contributed by atoms with van der Waals surface area (Å²) in [5.74, 6) is 5.90. The molecule has 8 nitrogen and oxygen atoms in total. The molecule has 0 bridgehead atoms. The topological polar surface area (TPSA) is 102 Å². The van der Waals surface area contributed by atoms with E-state index in [2.05, 4.69) is 15.1 Å². The van der Waals surface area contributed by atoms with E-state index in [1.165, 1.54) is 7.11 Å². The van der Waals surface area contributed by atoms with Crippen LogP contribution in [0.4, 0.5) is 5.69 Å². The Morgan fingerprint density at radius 1 is 1.23 bits per heavy atom. The molecule has 0 saturated carbocycles. The summed E-state index contributed by atoms with van der Waals surface area (Å²) in [5, 5.41) is 4.37. The Bertz CT molecular complexity index is 960. The second-order valence-corrected chi connectivity index (χ2v) is 7.23. The summed E-state index contributed by atoms with van der Waals surface area (Å²) in [5.41, 5.74) is 3.81. The average Bonchev–Trinajstić information content (AvgIpc) is 2.77. The van der Waals surface area contributed by atoms with Crippen LogP contribution in [0.25, 0.3) is 0 Å². The van der Waals surface area contributed by atoms with Crippen molar-refractivity contribution >= 4 is 34.6 Å². The summed E-state index contributed by atoms with van der Waals surface area (Å²) in [7, 11) is 1.52. The number of hydrogen-bond acceptors (Lipinski definition) is 7. The van der Waals surface area contributed by atoms with Crippen LogP contribution in [-0.2, 0) is 22.5 Å². The Labute approximate surface area is 180 Å². The van der Waals surface area contributed by atoms with Crippen LogP contribution in [0.1, 0.15) is 18.2 Å². The molecule has 0 fully saturated rings. The van der Waals surface area contributed by atoms with Crippen LogP contribution in [0, 0.1) is 0 Å². The van der Waals surface area contributed by atoms with Gasteiger partial charge in [0.05, 0.1) is 17.1 Å². The quantitative estimate of drug-likeness (QED) is 0.414. The van der Waals surface area contributed by atoms with Crippen molar-refractivity contribution in [3.63, 3.8) is 0 Å². The van der Waals surface area contributed by atoms with Gasteiger partial charge in [0.1, 0.15) is 18.9 Å². The Balaban J connectivity index is 1.70. The lowest BCUT2D eigenvalue weighted by molar-refractivity contribution is -0.136. The minimum Gasteiger partial charge on any atom is -0.471 e. The molecule has 2 heterocycles. The molecule has 1 amide bonds. The minimum atomic E-state index is -0.0249. The molecule has 0 radical (unpaired) electrons. The average molecular weight is 430 g/mol. The zero-order chi connectivity index (χ0) is 21.5. The number of aromatic nitrogens is 1. The van der Waals surface area contributed by atoms with Crippen molar-refractivity contribution in [1.82, 2.24) is 9.88 Å². The maximum Gasteiger partial charge on any atom is 0.248 e. The number of benzene rings is 1. The van der Waals surface area contributed by atoms with Gasteiger partial charge in [-0.15, -0.1) is 0 Å². The van der Waals surface area contributed by atoms with Crippen molar-refractivity contribution in [1.29, 1.82) is 0 Å². The van der Waals surface area contributed by atoms with E-state index in [0.29, 0.717) is 41.8 Å². The number of carbonyl (C=O) groups is 1. The molecule has 0 spiro atoms. The van der Waals surface area contributed by atoms with Gasteiger partial charge in [-0.25, -0.2) is 9.98 Å². The zero-order valence-corrected chi connectivity index (χ0v) is 17.7. The van der Waals surface area contributed by atoms with Crippen molar-refractivity contribution in [3.05, 3.63) is 52.7 Å². The van der Waals surface area contributed by atoms with Gasteiger partial charge in [-0.05, 0) is 36.8 Å². The Kier molecular flexibility index (Phi) is 7.37. The maximum atomic E-state index is 12.0. The molecular weight excluding hydrogens is 406 g/mol.